The largest absolute Gasteiger partial charge is 0.339 e. The van der Waals surface area contributed by atoms with Crippen LogP contribution in [0.5, 0.6) is 0 Å². The first kappa shape index (κ1) is 17.6. The fraction of sp³-hybridized carbons (Fsp3) is 0.667. The Kier molecular flexibility index (Phi) is 4.92. The summed E-state index contributed by atoms with van der Waals surface area (Å²) in [5.41, 5.74) is 3.36. The fourth-order valence-corrected chi connectivity index (χ4v) is 3.60. The van der Waals surface area contributed by atoms with Crippen LogP contribution in [0, 0.1) is 13.8 Å². The molecule has 1 atom stereocenters. The molecule has 1 saturated heterocycles. The van der Waals surface area contributed by atoms with Crippen molar-refractivity contribution < 1.29 is 9.32 Å². The van der Waals surface area contributed by atoms with Crippen LogP contribution in [-0.4, -0.2) is 37.3 Å². The molecule has 0 N–H and O–H groups in total. The van der Waals surface area contributed by atoms with E-state index in [2.05, 4.69) is 22.2 Å². The highest BCUT2D eigenvalue weighted by atomic mass is 16.5. The first-order valence-corrected chi connectivity index (χ1v) is 9.00. The molecule has 7 heteroatoms. The average Bonchev–Trinajstić information content (AvgIpc) is 3.26. The second-order valence-corrected chi connectivity index (χ2v) is 7.15. The second kappa shape index (κ2) is 6.98. The molecule has 0 aliphatic carbocycles. The Labute approximate surface area is 148 Å². The zero-order valence-corrected chi connectivity index (χ0v) is 15.7. The molecule has 0 saturated carbocycles. The van der Waals surface area contributed by atoms with Crippen LogP contribution in [-0.2, 0) is 18.3 Å². The molecule has 0 unspecified atom stereocenters. The standard InChI is InChI=1S/C18H27N5O2/c1-11(2)18-19-15(25-21-18)8-9-16(24)23-10-6-7-14(23)17-12(3)20-22(5)13(17)4/h11,14H,6-10H2,1-5H3/t14-/m1/s1. The predicted octanol–water partition coefficient (Wildman–Crippen LogP) is 2.84. The van der Waals surface area contributed by atoms with Gasteiger partial charge in [-0.3, -0.25) is 9.48 Å². The minimum atomic E-state index is 0.134. The Morgan fingerprint density at radius 1 is 1.36 bits per heavy atom. The van der Waals surface area contributed by atoms with Gasteiger partial charge in [-0.2, -0.15) is 10.1 Å². The number of hydrogen-bond donors (Lipinski definition) is 0. The molecule has 0 spiro atoms. The summed E-state index contributed by atoms with van der Waals surface area (Å²) in [7, 11) is 1.95. The van der Waals surface area contributed by atoms with E-state index in [0.29, 0.717) is 24.6 Å². The molecule has 25 heavy (non-hydrogen) atoms. The number of aryl methyl sites for hydroxylation is 3. The lowest BCUT2D eigenvalue weighted by Crippen LogP contribution is -2.31. The number of hydrogen-bond acceptors (Lipinski definition) is 5. The maximum absolute atomic E-state index is 12.8. The van der Waals surface area contributed by atoms with E-state index in [-0.39, 0.29) is 17.9 Å². The minimum absolute atomic E-state index is 0.134. The van der Waals surface area contributed by atoms with Crippen molar-refractivity contribution in [2.24, 2.45) is 7.05 Å². The summed E-state index contributed by atoms with van der Waals surface area (Å²) in [5.74, 6) is 1.62. The number of nitrogens with zero attached hydrogens (tertiary/aromatic N) is 5. The summed E-state index contributed by atoms with van der Waals surface area (Å²) >= 11 is 0. The molecule has 1 fully saturated rings. The summed E-state index contributed by atoms with van der Waals surface area (Å²) in [6, 6.07) is 0.134. The topological polar surface area (TPSA) is 77.1 Å². The predicted molar refractivity (Wildman–Crippen MR) is 93.1 cm³/mol. The number of rotatable bonds is 5. The van der Waals surface area contributed by atoms with Crippen LogP contribution < -0.4 is 0 Å². The van der Waals surface area contributed by atoms with Gasteiger partial charge in [0.15, 0.2) is 5.82 Å². The summed E-state index contributed by atoms with van der Waals surface area (Å²) in [4.78, 5) is 19.1. The molecular weight excluding hydrogens is 318 g/mol. The van der Waals surface area contributed by atoms with Crippen LogP contribution in [0.3, 0.4) is 0 Å². The van der Waals surface area contributed by atoms with Gasteiger partial charge in [0.1, 0.15) is 0 Å². The molecule has 3 rings (SSSR count). The van der Waals surface area contributed by atoms with Crippen molar-refractivity contribution in [2.45, 2.75) is 65.3 Å². The Morgan fingerprint density at radius 3 is 2.72 bits per heavy atom. The van der Waals surface area contributed by atoms with Gasteiger partial charge in [-0.05, 0) is 26.7 Å². The molecule has 3 heterocycles. The van der Waals surface area contributed by atoms with Crippen molar-refractivity contribution in [1.29, 1.82) is 0 Å². The SMILES string of the molecule is Cc1nn(C)c(C)c1[C@H]1CCCN1C(=O)CCc1nc(C(C)C)no1. The monoisotopic (exact) mass is 345 g/mol. The summed E-state index contributed by atoms with van der Waals surface area (Å²) in [6.45, 7) is 8.94. The van der Waals surface area contributed by atoms with E-state index < -0.39 is 0 Å². The maximum atomic E-state index is 12.8. The number of carbonyl (C=O) groups is 1. The van der Waals surface area contributed by atoms with Gasteiger partial charge < -0.3 is 9.42 Å². The van der Waals surface area contributed by atoms with Gasteiger partial charge >= 0.3 is 0 Å². The highest BCUT2D eigenvalue weighted by molar-refractivity contribution is 5.77. The van der Waals surface area contributed by atoms with Crippen LogP contribution in [0.1, 0.15) is 73.7 Å². The zero-order valence-electron chi connectivity index (χ0n) is 15.7. The van der Waals surface area contributed by atoms with Gasteiger partial charge in [-0.25, -0.2) is 0 Å². The number of carbonyl (C=O) groups excluding carboxylic acids is 1. The van der Waals surface area contributed by atoms with Crippen molar-refractivity contribution in [3.63, 3.8) is 0 Å². The molecule has 0 aromatic carbocycles. The quantitative estimate of drug-likeness (QED) is 0.833. The van der Waals surface area contributed by atoms with E-state index in [9.17, 15) is 4.79 Å². The van der Waals surface area contributed by atoms with Crippen molar-refractivity contribution in [2.75, 3.05) is 6.54 Å². The van der Waals surface area contributed by atoms with Crippen molar-refractivity contribution in [3.8, 4) is 0 Å². The average molecular weight is 345 g/mol. The lowest BCUT2D eigenvalue weighted by Gasteiger charge is -2.25. The Hall–Kier alpha value is -2.18. The van der Waals surface area contributed by atoms with Gasteiger partial charge in [0.25, 0.3) is 0 Å². The van der Waals surface area contributed by atoms with Crippen LogP contribution in [0.4, 0.5) is 0 Å². The van der Waals surface area contributed by atoms with Crippen molar-refractivity contribution in [3.05, 3.63) is 28.7 Å². The molecule has 1 aliphatic rings. The molecule has 0 radical (unpaired) electrons. The molecule has 1 aliphatic heterocycles. The van der Waals surface area contributed by atoms with Crippen molar-refractivity contribution in [1.82, 2.24) is 24.8 Å². The molecule has 7 nitrogen and oxygen atoms in total. The van der Waals surface area contributed by atoms with E-state index in [4.69, 9.17) is 4.52 Å². The minimum Gasteiger partial charge on any atom is -0.339 e. The van der Waals surface area contributed by atoms with Gasteiger partial charge in [-0.15, -0.1) is 0 Å². The first-order chi connectivity index (χ1) is 11.9. The summed E-state index contributed by atoms with van der Waals surface area (Å²) in [6.07, 6.45) is 2.92. The molecule has 136 valence electrons. The van der Waals surface area contributed by atoms with E-state index in [1.165, 1.54) is 5.56 Å². The number of likely N-dealkylation sites (tertiary alicyclic amines) is 1. The maximum Gasteiger partial charge on any atom is 0.227 e. The Morgan fingerprint density at radius 2 is 2.12 bits per heavy atom. The van der Waals surface area contributed by atoms with E-state index in [0.717, 1.165) is 30.8 Å². The number of aromatic nitrogens is 4. The lowest BCUT2D eigenvalue weighted by molar-refractivity contribution is -0.132. The first-order valence-electron chi connectivity index (χ1n) is 9.00. The second-order valence-electron chi connectivity index (χ2n) is 7.15. The van der Waals surface area contributed by atoms with Gasteiger partial charge in [-0.1, -0.05) is 19.0 Å². The van der Waals surface area contributed by atoms with Gasteiger partial charge in [0.05, 0.1) is 11.7 Å². The molecule has 2 aromatic heterocycles. The van der Waals surface area contributed by atoms with Gasteiger partial charge in [0.2, 0.25) is 11.8 Å². The van der Waals surface area contributed by atoms with Crippen LogP contribution >= 0.6 is 0 Å². The highest BCUT2D eigenvalue weighted by Crippen LogP contribution is 2.35. The summed E-state index contributed by atoms with van der Waals surface area (Å²) < 4.78 is 7.15. The van der Waals surface area contributed by atoms with Crippen LogP contribution in [0.25, 0.3) is 0 Å². The van der Waals surface area contributed by atoms with Crippen LogP contribution in [0.2, 0.25) is 0 Å². The molecule has 1 amide bonds. The fourth-order valence-electron chi connectivity index (χ4n) is 3.60. The number of amides is 1. The Bertz CT molecular complexity index is 762. The third kappa shape index (κ3) is 3.45. The summed E-state index contributed by atoms with van der Waals surface area (Å²) in [5, 5.41) is 8.46. The normalized spacial score (nSPS) is 17.7. The lowest BCUT2D eigenvalue weighted by atomic mass is 10.0. The van der Waals surface area contributed by atoms with Gasteiger partial charge in [0, 0.05) is 43.6 Å². The van der Waals surface area contributed by atoms with Crippen LogP contribution in [0.15, 0.2) is 4.52 Å². The Balaban J connectivity index is 1.68. The smallest absolute Gasteiger partial charge is 0.227 e. The van der Waals surface area contributed by atoms with E-state index in [1.54, 1.807) is 0 Å². The van der Waals surface area contributed by atoms with Crippen molar-refractivity contribution >= 4 is 5.91 Å². The highest BCUT2D eigenvalue weighted by Gasteiger charge is 2.33. The molecule has 2 aromatic rings. The third-order valence-electron chi connectivity index (χ3n) is 5.02. The van der Waals surface area contributed by atoms with E-state index >= 15 is 0 Å². The van der Waals surface area contributed by atoms with E-state index in [1.807, 2.05) is 37.4 Å². The third-order valence-corrected chi connectivity index (χ3v) is 5.02. The zero-order chi connectivity index (χ0) is 18.1. The molecular formula is C18H27N5O2. The molecule has 0 bridgehead atoms.